The van der Waals surface area contributed by atoms with Gasteiger partial charge in [-0.1, -0.05) is 48.5 Å². The van der Waals surface area contributed by atoms with Crippen LogP contribution in [0.15, 0.2) is 90.5 Å². The minimum absolute atomic E-state index is 0.113. The van der Waals surface area contributed by atoms with Gasteiger partial charge in [-0.25, -0.2) is 4.79 Å². The van der Waals surface area contributed by atoms with E-state index in [0.717, 1.165) is 22.3 Å². The second-order valence-corrected chi connectivity index (χ2v) is 12.6. The van der Waals surface area contributed by atoms with Gasteiger partial charge in [-0.05, 0) is 58.7 Å². The molecule has 3 atom stereocenters. The van der Waals surface area contributed by atoms with E-state index >= 15 is 0 Å². The van der Waals surface area contributed by atoms with E-state index in [2.05, 4.69) is 10.6 Å². The van der Waals surface area contributed by atoms with Crippen LogP contribution in [0.2, 0.25) is 0 Å². The molecule has 1 spiro atoms. The van der Waals surface area contributed by atoms with E-state index in [1.54, 1.807) is 74.8 Å². The summed E-state index contributed by atoms with van der Waals surface area (Å²) in [7, 11) is 3.34. The maximum Gasteiger partial charge on any atom is 0.338 e. The number of ether oxygens (including phenoxy) is 3. The zero-order valence-corrected chi connectivity index (χ0v) is 27.4. The number of hydrogen-bond acceptors (Lipinski definition) is 8. The van der Waals surface area contributed by atoms with Crippen LogP contribution in [0, 0.1) is 0 Å². The number of fused-ring (bicyclic) bond motifs is 2. The Balaban J connectivity index is 1.17. The molecule has 254 valence electrons. The molecule has 3 amide bonds. The van der Waals surface area contributed by atoms with Gasteiger partial charge in [0.15, 0.2) is 5.79 Å². The molecular weight excluding hydrogens is 626 g/mol. The van der Waals surface area contributed by atoms with Crippen molar-refractivity contribution in [1.82, 2.24) is 15.5 Å². The average Bonchev–Trinajstić information content (AvgIpc) is 3.66. The molecule has 11 nitrogen and oxygen atoms in total. The van der Waals surface area contributed by atoms with E-state index in [1.807, 2.05) is 24.3 Å². The van der Waals surface area contributed by atoms with Gasteiger partial charge in [0.2, 0.25) is 11.8 Å². The summed E-state index contributed by atoms with van der Waals surface area (Å²) >= 11 is 0. The van der Waals surface area contributed by atoms with Crippen molar-refractivity contribution in [3.63, 3.8) is 0 Å². The molecule has 2 aliphatic carbocycles. The summed E-state index contributed by atoms with van der Waals surface area (Å²) < 4.78 is 19.2. The van der Waals surface area contributed by atoms with Gasteiger partial charge in [0.05, 0.1) is 12.2 Å². The average molecular weight is 666 g/mol. The normalized spacial score (nSPS) is 20.3. The zero-order valence-electron chi connectivity index (χ0n) is 27.4. The number of aliphatic hydroxyl groups excluding tert-OH is 1. The van der Waals surface area contributed by atoms with E-state index in [0.29, 0.717) is 29.5 Å². The largest absolute Gasteiger partial charge is 0.456 e. The number of amides is 3. The number of carbonyl (C=O) groups is 4. The number of esters is 1. The summed E-state index contributed by atoms with van der Waals surface area (Å²) in [6, 6.07) is 21.6. The molecule has 0 aromatic heterocycles. The molecular formula is C38H39N3O8. The first-order chi connectivity index (χ1) is 23.6. The molecule has 1 heterocycles. The molecule has 6 rings (SSSR count). The van der Waals surface area contributed by atoms with Gasteiger partial charge >= 0.3 is 5.97 Å². The second-order valence-electron chi connectivity index (χ2n) is 12.6. The zero-order chi connectivity index (χ0) is 34.5. The Hall–Kier alpha value is -5.10. The molecule has 11 heteroatoms. The van der Waals surface area contributed by atoms with E-state index in [9.17, 15) is 19.2 Å². The number of nitrogens with one attached hydrogen (secondary N) is 2. The lowest BCUT2D eigenvalue weighted by Crippen LogP contribution is -2.43. The Labute approximate surface area is 284 Å². The Morgan fingerprint density at radius 2 is 1.65 bits per heavy atom. The van der Waals surface area contributed by atoms with Crippen molar-refractivity contribution in [1.29, 1.82) is 0 Å². The quantitative estimate of drug-likeness (QED) is 0.222. The van der Waals surface area contributed by atoms with Crippen molar-refractivity contribution < 1.29 is 38.5 Å². The molecule has 1 aliphatic heterocycles. The lowest BCUT2D eigenvalue weighted by Gasteiger charge is -2.30. The summed E-state index contributed by atoms with van der Waals surface area (Å²) in [5.41, 5.74) is 4.86. The fraction of sp³-hybridized carbons (Fsp3) is 0.316. The van der Waals surface area contributed by atoms with Gasteiger partial charge in [-0.3, -0.25) is 14.4 Å². The highest BCUT2D eigenvalue weighted by Gasteiger charge is 2.55. The summed E-state index contributed by atoms with van der Waals surface area (Å²) in [5.74, 6) is -2.32. The molecule has 3 aromatic rings. The van der Waals surface area contributed by atoms with Crippen molar-refractivity contribution in [3.05, 3.63) is 124 Å². The molecule has 0 radical (unpaired) electrons. The number of carbonyl (C=O) groups excluding carboxylic acids is 4. The summed E-state index contributed by atoms with van der Waals surface area (Å²) in [6.07, 6.45) is 4.03. The van der Waals surface area contributed by atoms with E-state index < -0.39 is 30.1 Å². The number of benzene rings is 3. The fourth-order valence-electron chi connectivity index (χ4n) is 6.30. The Morgan fingerprint density at radius 3 is 2.35 bits per heavy atom. The molecule has 0 saturated carbocycles. The molecule has 3 N–H and O–H groups in total. The number of likely N-dealkylation sites (N-methyl/N-ethyl adjacent to an activating group) is 1. The van der Waals surface area contributed by atoms with Crippen LogP contribution in [0.1, 0.15) is 49.4 Å². The van der Waals surface area contributed by atoms with Crippen molar-refractivity contribution in [2.75, 3.05) is 27.2 Å². The monoisotopic (exact) mass is 665 g/mol. The molecule has 1 saturated heterocycles. The lowest BCUT2D eigenvalue weighted by molar-refractivity contribution is -0.172. The Bertz CT molecular complexity index is 1770. The fourth-order valence-corrected chi connectivity index (χ4v) is 6.30. The maximum atomic E-state index is 13.5. The highest BCUT2D eigenvalue weighted by atomic mass is 16.8. The number of nitrogens with zero attached hydrogens (tertiary/aromatic N) is 1. The standard InChI is InChI=1S/C38H39N3O8/c1-41(2)33(43)15-12-24-10-13-26(14-11-24)37(46)47-31-19-30(36(45)40-23-25-6-5-9-27(18-25)35(44)39-16-17-42)20-32-34(31)49-38(48-32)21-28-7-3-4-8-29(28)22-38/h3-15,18,20,31-32,34,42H,16-17,19,21-23H2,1-2H3,(H,39,44)(H,40,45). The van der Waals surface area contributed by atoms with E-state index in [-0.39, 0.29) is 43.8 Å². The van der Waals surface area contributed by atoms with Crippen LogP contribution in [-0.2, 0) is 43.2 Å². The lowest BCUT2D eigenvalue weighted by atomic mass is 9.91. The summed E-state index contributed by atoms with van der Waals surface area (Å²) in [6.45, 7) is 0.137. The van der Waals surface area contributed by atoms with E-state index in [4.69, 9.17) is 19.3 Å². The molecule has 3 aliphatic rings. The van der Waals surface area contributed by atoms with Crippen molar-refractivity contribution in [3.8, 4) is 0 Å². The second kappa shape index (κ2) is 14.6. The molecule has 3 unspecified atom stereocenters. The number of rotatable bonds is 10. The highest BCUT2D eigenvalue weighted by Crippen LogP contribution is 2.45. The molecule has 3 aromatic carbocycles. The SMILES string of the molecule is CN(C)C(=O)C=Cc1ccc(C(=O)OC2CC(C(=O)NCc3cccc(C(=O)NCCO)c3)=CC3OC4(Cc5ccccc5C4)OC32)cc1. The van der Waals surface area contributed by atoms with Gasteiger partial charge in [0.1, 0.15) is 18.3 Å². The van der Waals surface area contributed by atoms with Gasteiger partial charge < -0.3 is 34.9 Å². The van der Waals surface area contributed by atoms with Crippen LogP contribution in [0.3, 0.4) is 0 Å². The van der Waals surface area contributed by atoms with Gasteiger partial charge in [0.25, 0.3) is 5.91 Å². The third-order valence-electron chi connectivity index (χ3n) is 8.81. The summed E-state index contributed by atoms with van der Waals surface area (Å²) in [4.78, 5) is 52.7. The van der Waals surface area contributed by atoms with Gasteiger partial charge in [-0.15, -0.1) is 0 Å². The molecule has 49 heavy (non-hydrogen) atoms. The first-order valence-electron chi connectivity index (χ1n) is 16.2. The first-order valence-corrected chi connectivity index (χ1v) is 16.2. The predicted molar refractivity (Wildman–Crippen MR) is 180 cm³/mol. The number of hydrogen-bond donors (Lipinski definition) is 3. The smallest absolute Gasteiger partial charge is 0.338 e. The minimum Gasteiger partial charge on any atom is -0.456 e. The first kappa shape index (κ1) is 33.8. The number of aliphatic hydroxyl groups is 1. The molecule has 1 fully saturated rings. The van der Waals surface area contributed by atoms with Crippen LogP contribution in [0.25, 0.3) is 6.08 Å². The Kier molecular flexibility index (Phi) is 10.0. The molecule has 0 bridgehead atoms. The van der Waals surface area contributed by atoms with Crippen molar-refractivity contribution >= 4 is 29.8 Å². The van der Waals surface area contributed by atoms with Crippen molar-refractivity contribution in [2.24, 2.45) is 0 Å². The van der Waals surface area contributed by atoms with E-state index in [1.165, 1.54) is 11.0 Å². The van der Waals surface area contributed by atoms with Gasteiger partial charge in [0, 0.05) is 63.7 Å². The topological polar surface area (TPSA) is 144 Å². The van der Waals surface area contributed by atoms with Crippen LogP contribution in [-0.4, -0.2) is 85.0 Å². The van der Waals surface area contributed by atoms with Crippen molar-refractivity contribution in [2.45, 2.75) is 49.9 Å². The third kappa shape index (κ3) is 7.80. The Morgan fingerprint density at radius 1 is 0.918 bits per heavy atom. The van der Waals surface area contributed by atoms with Gasteiger partial charge in [-0.2, -0.15) is 0 Å². The maximum absolute atomic E-state index is 13.5. The van der Waals surface area contributed by atoms with Crippen LogP contribution >= 0.6 is 0 Å². The van der Waals surface area contributed by atoms with Crippen LogP contribution in [0.5, 0.6) is 0 Å². The minimum atomic E-state index is -0.929. The predicted octanol–water partition coefficient (Wildman–Crippen LogP) is 2.96. The van der Waals surface area contributed by atoms with Crippen LogP contribution in [0.4, 0.5) is 0 Å². The highest BCUT2D eigenvalue weighted by molar-refractivity contribution is 5.95. The van der Waals surface area contributed by atoms with Crippen LogP contribution < -0.4 is 10.6 Å². The third-order valence-corrected chi connectivity index (χ3v) is 8.81. The summed E-state index contributed by atoms with van der Waals surface area (Å²) in [5, 5.41) is 14.5.